The van der Waals surface area contributed by atoms with Crippen LogP contribution in [0.15, 0.2) is 23.1 Å². The molecular formula is C9H12FNO3S. The van der Waals surface area contributed by atoms with Crippen molar-refractivity contribution in [2.24, 2.45) is 5.14 Å². The van der Waals surface area contributed by atoms with Gasteiger partial charge >= 0.3 is 0 Å². The van der Waals surface area contributed by atoms with Crippen molar-refractivity contribution in [3.8, 4) is 0 Å². The van der Waals surface area contributed by atoms with Gasteiger partial charge in [-0.15, -0.1) is 0 Å². The van der Waals surface area contributed by atoms with Crippen molar-refractivity contribution in [1.29, 1.82) is 0 Å². The van der Waals surface area contributed by atoms with Crippen LogP contribution in [-0.2, 0) is 15.6 Å². The van der Waals surface area contributed by atoms with Crippen molar-refractivity contribution in [2.45, 2.75) is 24.3 Å². The molecule has 0 aliphatic heterocycles. The van der Waals surface area contributed by atoms with E-state index in [2.05, 4.69) is 0 Å². The van der Waals surface area contributed by atoms with Gasteiger partial charge < -0.3 is 5.11 Å². The number of hydrogen-bond acceptors (Lipinski definition) is 3. The van der Waals surface area contributed by atoms with Crippen molar-refractivity contribution < 1.29 is 17.9 Å². The van der Waals surface area contributed by atoms with Gasteiger partial charge in [-0.1, -0.05) is 6.07 Å². The van der Waals surface area contributed by atoms with Crippen molar-refractivity contribution in [2.75, 3.05) is 0 Å². The molecule has 0 aliphatic carbocycles. The van der Waals surface area contributed by atoms with Gasteiger partial charge in [-0.2, -0.15) is 0 Å². The van der Waals surface area contributed by atoms with E-state index in [4.69, 9.17) is 5.14 Å². The summed E-state index contributed by atoms with van der Waals surface area (Å²) < 4.78 is 35.1. The van der Waals surface area contributed by atoms with E-state index >= 15 is 0 Å². The molecule has 0 aliphatic rings. The van der Waals surface area contributed by atoms with E-state index in [1.54, 1.807) is 0 Å². The third-order valence-corrected chi connectivity index (χ3v) is 2.87. The number of hydrogen-bond donors (Lipinski definition) is 2. The highest BCUT2D eigenvalue weighted by atomic mass is 32.2. The summed E-state index contributed by atoms with van der Waals surface area (Å²) in [7, 11) is -4.10. The van der Waals surface area contributed by atoms with Gasteiger partial charge in [0.2, 0.25) is 10.0 Å². The summed E-state index contributed by atoms with van der Waals surface area (Å²) in [6, 6.07) is 3.31. The molecule has 0 aromatic heterocycles. The third kappa shape index (κ3) is 2.74. The van der Waals surface area contributed by atoms with Crippen LogP contribution >= 0.6 is 0 Å². The minimum atomic E-state index is -4.10. The first-order chi connectivity index (χ1) is 6.62. The molecule has 1 aromatic carbocycles. The van der Waals surface area contributed by atoms with Gasteiger partial charge in [0.25, 0.3) is 0 Å². The van der Waals surface area contributed by atoms with Crippen LogP contribution < -0.4 is 5.14 Å². The predicted molar refractivity (Wildman–Crippen MR) is 53.0 cm³/mol. The Morgan fingerprint density at radius 3 is 2.33 bits per heavy atom. The van der Waals surface area contributed by atoms with E-state index in [-0.39, 0.29) is 5.56 Å². The number of rotatable bonds is 2. The normalized spacial score (nSPS) is 12.9. The van der Waals surface area contributed by atoms with E-state index < -0.39 is 26.3 Å². The highest BCUT2D eigenvalue weighted by Gasteiger charge is 2.21. The molecule has 1 aromatic rings. The molecule has 0 saturated heterocycles. The Morgan fingerprint density at radius 2 is 1.93 bits per heavy atom. The fraction of sp³-hybridized carbons (Fsp3) is 0.333. The molecule has 15 heavy (non-hydrogen) atoms. The smallest absolute Gasteiger partial charge is 0.240 e. The predicted octanol–water partition coefficient (Wildman–Crippen LogP) is 0.701. The molecule has 0 bridgehead atoms. The lowest BCUT2D eigenvalue weighted by molar-refractivity contribution is 0.0782. The molecule has 0 fully saturated rings. The van der Waals surface area contributed by atoms with Crippen LogP contribution in [0.3, 0.4) is 0 Å². The van der Waals surface area contributed by atoms with E-state index in [0.29, 0.717) is 0 Å². The lowest BCUT2D eigenvalue weighted by Gasteiger charge is -2.18. The lowest BCUT2D eigenvalue weighted by Crippen LogP contribution is -2.19. The summed E-state index contributed by atoms with van der Waals surface area (Å²) in [4.78, 5) is -0.609. The minimum absolute atomic E-state index is 0.285. The second kappa shape index (κ2) is 3.55. The van der Waals surface area contributed by atoms with Gasteiger partial charge in [0.05, 0.1) is 5.60 Å². The quantitative estimate of drug-likeness (QED) is 0.789. The van der Waals surface area contributed by atoms with Crippen LogP contribution in [0.4, 0.5) is 4.39 Å². The van der Waals surface area contributed by atoms with E-state index in [1.807, 2.05) is 0 Å². The molecule has 0 saturated carbocycles. The van der Waals surface area contributed by atoms with Crippen LogP contribution in [0.5, 0.6) is 0 Å². The SMILES string of the molecule is CC(C)(O)c1ccc(F)c(S(N)(=O)=O)c1. The molecule has 0 amide bonds. The fourth-order valence-corrected chi connectivity index (χ4v) is 1.73. The Balaban J connectivity index is 3.43. The van der Waals surface area contributed by atoms with E-state index in [9.17, 15) is 17.9 Å². The number of halogens is 1. The second-order valence-corrected chi connectivity index (χ2v) is 5.28. The fourth-order valence-electron chi connectivity index (χ4n) is 1.10. The summed E-state index contributed by atoms with van der Waals surface area (Å²) in [5.74, 6) is -0.925. The molecule has 6 heteroatoms. The first-order valence-electron chi connectivity index (χ1n) is 4.17. The maximum atomic E-state index is 13.1. The topological polar surface area (TPSA) is 80.4 Å². The van der Waals surface area contributed by atoms with Crippen LogP contribution in [-0.4, -0.2) is 13.5 Å². The van der Waals surface area contributed by atoms with Gasteiger partial charge in [-0.05, 0) is 31.5 Å². The summed E-state index contributed by atoms with van der Waals surface area (Å²) in [6.45, 7) is 2.93. The largest absolute Gasteiger partial charge is 0.386 e. The molecule has 3 N–H and O–H groups in total. The zero-order chi connectivity index (χ0) is 11.9. The Bertz CT molecular complexity index is 477. The van der Waals surface area contributed by atoms with Crippen LogP contribution in [0.25, 0.3) is 0 Å². The lowest BCUT2D eigenvalue weighted by atomic mass is 9.99. The summed E-state index contributed by atoms with van der Waals surface area (Å²) in [6.07, 6.45) is 0. The van der Waals surface area contributed by atoms with Gasteiger partial charge in [0.1, 0.15) is 10.7 Å². The molecule has 84 valence electrons. The Kier molecular flexibility index (Phi) is 2.86. The number of sulfonamides is 1. The molecule has 0 atom stereocenters. The van der Waals surface area contributed by atoms with Crippen molar-refractivity contribution >= 4 is 10.0 Å². The molecule has 4 nitrogen and oxygen atoms in total. The first kappa shape index (κ1) is 12.1. The zero-order valence-corrected chi connectivity index (χ0v) is 9.18. The summed E-state index contributed by atoms with van der Waals surface area (Å²) in [5.41, 5.74) is -0.958. The average molecular weight is 233 g/mol. The molecule has 1 rings (SSSR count). The third-order valence-electron chi connectivity index (χ3n) is 1.94. The van der Waals surface area contributed by atoms with Crippen LogP contribution in [0, 0.1) is 5.82 Å². The minimum Gasteiger partial charge on any atom is -0.386 e. The molecule has 0 spiro atoms. The van der Waals surface area contributed by atoms with Crippen LogP contribution in [0.2, 0.25) is 0 Å². The Hall–Kier alpha value is -0.980. The molecular weight excluding hydrogens is 221 g/mol. The maximum Gasteiger partial charge on any atom is 0.240 e. The van der Waals surface area contributed by atoms with Gasteiger partial charge in [0, 0.05) is 0 Å². The molecule has 0 heterocycles. The van der Waals surface area contributed by atoms with Crippen molar-refractivity contribution in [3.05, 3.63) is 29.6 Å². The number of benzene rings is 1. The average Bonchev–Trinajstić information content (AvgIpc) is 2.00. The van der Waals surface area contributed by atoms with Gasteiger partial charge in [0.15, 0.2) is 0 Å². The van der Waals surface area contributed by atoms with Crippen molar-refractivity contribution in [3.63, 3.8) is 0 Å². The van der Waals surface area contributed by atoms with Gasteiger partial charge in [-0.25, -0.2) is 17.9 Å². The second-order valence-electron chi connectivity index (χ2n) is 3.75. The molecule has 0 radical (unpaired) electrons. The van der Waals surface area contributed by atoms with Crippen molar-refractivity contribution in [1.82, 2.24) is 0 Å². The molecule has 0 unspecified atom stereocenters. The maximum absolute atomic E-state index is 13.1. The zero-order valence-electron chi connectivity index (χ0n) is 8.36. The standard InChI is InChI=1S/C9H12FNO3S/c1-9(2,12)6-3-4-7(10)8(5-6)15(11,13)14/h3-5,12H,1-2H3,(H2,11,13,14). The highest BCUT2D eigenvalue weighted by Crippen LogP contribution is 2.23. The number of aliphatic hydroxyl groups is 1. The van der Waals surface area contributed by atoms with Crippen LogP contribution in [0.1, 0.15) is 19.4 Å². The Labute approximate surface area is 87.6 Å². The van der Waals surface area contributed by atoms with E-state index in [0.717, 1.165) is 12.1 Å². The Morgan fingerprint density at radius 1 is 1.40 bits per heavy atom. The number of primary sulfonamides is 1. The van der Waals surface area contributed by atoms with E-state index in [1.165, 1.54) is 19.9 Å². The highest BCUT2D eigenvalue weighted by molar-refractivity contribution is 7.89. The van der Waals surface area contributed by atoms with Gasteiger partial charge in [-0.3, -0.25) is 0 Å². The summed E-state index contributed by atoms with van der Waals surface area (Å²) in [5, 5.41) is 14.4. The summed E-state index contributed by atoms with van der Waals surface area (Å²) >= 11 is 0. The monoisotopic (exact) mass is 233 g/mol. The first-order valence-corrected chi connectivity index (χ1v) is 5.72. The number of nitrogens with two attached hydrogens (primary N) is 1.